The highest BCUT2D eigenvalue weighted by molar-refractivity contribution is 5.75. The van der Waals surface area contributed by atoms with E-state index >= 15 is 0 Å². The molecule has 8 nitrogen and oxygen atoms in total. The lowest BCUT2D eigenvalue weighted by atomic mass is 10.1. The Hall–Kier alpha value is -3.16. The van der Waals surface area contributed by atoms with Crippen LogP contribution in [0.25, 0.3) is 0 Å². The summed E-state index contributed by atoms with van der Waals surface area (Å²) in [5.74, 6) is 2.44. The van der Waals surface area contributed by atoms with Crippen LogP contribution in [0.3, 0.4) is 0 Å². The van der Waals surface area contributed by atoms with Gasteiger partial charge in [0.15, 0.2) is 23.0 Å². The number of ether oxygens (including phenoxy) is 4. The largest absolute Gasteiger partial charge is 0.491 e. The third kappa shape index (κ3) is 3.37. The second-order valence-electron chi connectivity index (χ2n) is 6.45. The summed E-state index contributed by atoms with van der Waals surface area (Å²) in [6.45, 7) is 3.22. The van der Waals surface area contributed by atoms with Crippen molar-refractivity contribution in [2.45, 2.75) is 0 Å². The number of rotatable bonds is 6. The molecule has 3 rings (SSSR count). The van der Waals surface area contributed by atoms with Gasteiger partial charge in [0.05, 0.1) is 51.2 Å². The van der Waals surface area contributed by atoms with Crippen LogP contribution >= 0.6 is 0 Å². The van der Waals surface area contributed by atoms with Crippen molar-refractivity contribution < 1.29 is 18.9 Å². The third-order valence-corrected chi connectivity index (χ3v) is 5.02. The van der Waals surface area contributed by atoms with Crippen molar-refractivity contribution >= 4 is 22.7 Å². The average molecular weight is 388 g/mol. The van der Waals surface area contributed by atoms with Gasteiger partial charge in [0, 0.05) is 26.2 Å². The normalized spacial score (nSPS) is 14.0. The first-order valence-electron chi connectivity index (χ1n) is 9.06. The molecule has 0 spiro atoms. The average Bonchev–Trinajstić information content (AvgIpc) is 2.73. The second-order valence-corrected chi connectivity index (χ2v) is 6.45. The number of hydrogen-bond donors (Lipinski definition) is 2. The molecule has 8 heteroatoms. The minimum Gasteiger partial charge on any atom is -0.491 e. The first-order chi connectivity index (χ1) is 13.5. The van der Waals surface area contributed by atoms with Crippen LogP contribution in [0.1, 0.15) is 0 Å². The van der Waals surface area contributed by atoms with E-state index in [1.165, 1.54) is 0 Å². The van der Waals surface area contributed by atoms with Gasteiger partial charge in [-0.2, -0.15) is 0 Å². The highest BCUT2D eigenvalue weighted by atomic mass is 16.5. The Morgan fingerprint density at radius 3 is 1.18 bits per heavy atom. The van der Waals surface area contributed by atoms with E-state index in [1.807, 2.05) is 24.3 Å². The van der Waals surface area contributed by atoms with Gasteiger partial charge in [-0.05, 0) is 24.3 Å². The summed E-state index contributed by atoms with van der Waals surface area (Å²) < 4.78 is 22.0. The van der Waals surface area contributed by atoms with Gasteiger partial charge < -0.3 is 40.2 Å². The lowest BCUT2D eigenvalue weighted by Crippen LogP contribution is -2.46. The van der Waals surface area contributed by atoms with Crippen LogP contribution in [-0.2, 0) is 0 Å². The number of methoxy groups -OCH3 is 4. The lowest BCUT2D eigenvalue weighted by Gasteiger charge is -2.38. The molecule has 1 aliphatic heterocycles. The lowest BCUT2D eigenvalue weighted by molar-refractivity contribution is 0.355. The van der Waals surface area contributed by atoms with Gasteiger partial charge in [0.1, 0.15) is 0 Å². The fourth-order valence-electron chi connectivity index (χ4n) is 3.64. The van der Waals surface area contributed by atoms with Crippen LogP contribution in [-0.4, -0.2) is 54.6 Å². The monoisotopic (exact) mass is 388 g/mol. The smallest absolute Gasteiger partial charge is 0.186 e. The summed E-state index contributed by atoms with van der Waals surface area (Å²) >= 11 is 0. The highest BCUT2D eigenvalue weighted by Gasteiger charge is 2.25. The second kappa shape index (κ2) is 8.24. The van der Waals surface area contributed by atoms with Crippen molar-refractivity contribution in [2.24, 2.45) is 0 Å². The molecule has 2 aromatic rings. The molecule has 0 radical (unpaired) electrons. The van der Waals surface area contributed by atoms with E-state index in [2.05, 4.69) is 9.80 Å². The van der Waals surface area contributed by atoms with Crippen LogP contribution in [0.15, 0.2) is 24.3 Å². The molecule has 0 amide bonds. The molecule has 0 unspecified atom stereocenters. The van der Waals surface area contributed by atoms with Gasteiger partial charge in [0.2, 0.25) is 0 Å². The Bertz CT molecular complexity index is 766. The molecule has 0 atom stereocenters. The zero-order chi connectivity index (χ0) is 20.3. The Labute approximate surface area is 165 Å². The van der Waals surface area contributed by atoms with Crippen LogP contribution in [0.2, 0.25) is 0 Å². The molecular weight excluding hydrogens is 360 g/mol. The predicted molar refractivity (Wildman–Crippen MR) is 112 cm³/mol. The molecule has 1 fully saturated rings. The van der Waals surface area contributed by atoms with E-state index in [4.69, 9.17) is 30.4 Å². The van der Waals surface area contributed by atoms with E-state index in [-0.39, 0.29) is 0 Å². The highest BCUT2D eigenvalue weighted by Crippen LogP contribution is 2.44. The summed E-state index contributed by atoms with van der Waals surface area (Å²) in [6.07, 6.45) is 0. The Kier molecular flexibility index (Phi) is 5.77. The van der Waals surface area contributed by atoms with Gasteiger partial charge in [-0.15, -0.1) is 0 Å². The molecule has 1 saturated heterocycles. The Morgan fingerprint density at radius 2 is 0.893 bits per heavy atom. The maximum Gasteiger partial charge on any atom is 0.186 e. The third-order valence-electron chi connectivity index (χ3n) is 5.02. The van der Waals surface area contributed by atoms with Gasteiger partial charge in [-0.1, -0.05) is 0 Å². The number of benzene rings is 2. The fourth-order valence-corrected chi connectivity index (χ4v) is 3.64. The van der Waals surface area contributed by atoms with Crippen molar-refractivity contribution in [2.75, 3.05) is 75.9 Å². The molecule has 0 aromatic heterocycles. The number of nitrogens with two attached hydrogens (primary N) is 2. The molecule has 1 heterocycles. The minimum absolute atomic E-state index is 0.556. The quantitative estimate of drug-likeness (QED) is 0.728. The van der Waals surface area contributed by atoms with E-state index < -0.39 is 0 Å². The van der Waals surface area contributed by atoms with Crippen molar-refractivity contribution in [3.63, 3.8) is 0 Å². The summed E-state index contributed by atoms with van der Waals surface area (Å²) in [5, 5.41) is 0. The summed E-state index contributed by atoms with van der Waals surface area (Å²) in [6, 6.07) is 7.63. The molecule has 2 aromatic carbocycles. The standard InChI is InChI=1S/C20H28N4O4/c1-25-17-13(21)5-7-15(19(17)27-3)23-9-11-24(12-10-23)16-8-6-14(22)18(26-2)20(16)28-4/h5-8H,9-12,21-22H2,1-4H3. The van der Waals surface area contributed by atoms with Crippen LogP contribution in [0.4, 0.5) is 22.7 Å². The van der Waals surface area contributed by atoms with Gasteiger partial charge in [0.25, 0.3) is 0 Å². The number of nitrogens with zero attached hydrogens (tertiary/aromatic N) is 2. The Balaban J connectivity index is 1.83. The zero-order valence-electron chi connectivity index (χ0n) is 16.8. The van der Waals surface area contributed by atoms with E-state index in [0.29, 0.717) is 34.4 Å². The summed E-state index contributed by atoms with van der Waals surface area (Å²) in [5.41, 5.74) is 15.1. The first kappa shape index (κ1) is 19.6. The summed E-state index contributed by atoms with van der Waals surface area (Å²) in [7, 11) is 6.44. The molecule has 0 saturated carbocycles. The molecule has 0 aliphatic carbocycles. The molecule has 0 bridgehead atoms. The topological polar surface area (TPSA) is 95.4 Å². The predicted octanol–water partition coefficient (Wildman–Crippen LogP) is 2.21. The molecule has 28 heavy (non-hydrogen) atoms. The van der Waals surface area contributed by atoms with E-state index in [1.54, 1.807) is 28.4 Å². The maximum absolute atomic E-state index is 6.01. The van der Waals surface area contributed by atoms with Gasteiger partial charge in [-0.3, -0.25) is 0 Å². The SMILES string of the molecule is COc1c(N)ccc(N2CCN(c3ccc(N)c(OC)c3OC)CC2)c1OC. The fraction of sp³-hybridized carbons (Fsp3) is 0.400. The Morgan fingerprint density at radius 1 is 0.571 bits per heavy atom. The van der Waals surface area contributed by atoms with Gasteiger partial charge >= 0.3 is 0 Å². The van der Waals surface area contributed by atoms with Crippen LogP contribution in [0, 0.1) is 0 Å². The molecular formula is C20H28N4O4. The van der Waals surface area contributed by atoms with Crippen LogP contribution < -0.4 is 40.2 Å². The number of hydrogen-bond acceptors (Lipinski definition) is 8. The number of nitrogen functional groups attached to an aromatic ring is 2. The first-order valence-corrected chi connectivity index (χ1v) is 9.06. The van der Waals surface area contributed by atoms with Crippen molar-refractivity contribution in [1.82, 2.24) is 0 Å². The molecule has 4 N–H and O–H groups in total. The maximum atomic E-state index is 6.01. The van der Waals surface area contributed by atoms with Crippen molar-refractivity contribution in [3.8, 4) is 23.0 Å². The minimum atomic E-state index is 0.556. The van der Waals surface area contributed by atoms with Crippen LogP contribution in [0.5, 0.6) is 23.0 Å². The summed E-state index contributed by atoms with van der Waals surface area (Å²) in [4.78, 5) is 4.52. The van der Waals surface area contributed by atoms with E-state index in [0.717, 1.165) is 37.6 Å². The number of piperazine rings is 1. The molecule has 152 valence electrons. The zero-order valence-corrected chi connectivity index (χ0v) is 16.8. The number of anilines is 4. The van der Waals surface area contributed by atoms with Crippen molar-refractivity contribution in [1.29, 1.82) is 0 Å². The van der Waals surface area contributed by atoms with Gasteiger partial charge in [-0.25, -0.2) is 0 Å². The van der Waals surface area contributed by atoms with Crippen molar-refractivity contribution in [3.05, 3.63) is 24.3 Å². The molecule has 1 aliphatic rings. The van der Waals surface area contributed by atoms with E-state index in [9.17, 15) is 0 Å².